The number of carbonyl (C=O) groups is 2. The molecule has 2 aromatic rings. The third-order valence-electron chi connectivity index (χ3n) is 4.26. The number of hydrogen-bond acceptors (Lipinski definition) is 3. The molecule has 4 heteroatoms. The Morgan fingerprint density at radius 3 is 2.07 bits per heavy atom. The van der Waals surface area contributed by atoms with Crippen LogP contribution in [-0.2, 0) is 14.3 Å². The standard InChI is InChI=1S/C24H27NO3/c1-28-24(27)18-9-4-10-19-25-23(26)17-11-16-22(20-12-5-2-6-13-20)21-14-7-3-8-15-21/h2-3,5-8,11-17H,4,9-10,18-19H2,1H3,(H,25,26). The zero-order valence-corrected chi connectivity index (χ0v) is 16.3. The van der Waals surface area contributed by atoms with Gasteiger partial charge in [0.05, 0.1) is 7.11 Å². The molecule has 0 radical (unpaired) electrons. The van der Waals surface area contributed by atoms with Crippen molar-refractivity contribution in [2.75, 3.05) is 13.7 Å². The van der Waals surface area contributed by atoms with Crippen molar-refractivity contribution in [2.45, 2.75) is 25.7 Å². The minimum atomic E-state index is -0.189. The Kier molecular flexibility index (Phi) is 9.28. The van der Waals surface area contributed by atoms with Gasteiger partial charge in [-0.2, -0.15) is 0 Å². The van der Waals surface area contributed by atoms with Crippen LogP contribution in [0.15, 0.2) is 78.9 Å². The second kappa shape index (κ2) is 12.3. The minimum Gasteiger partial charge on any atom is -0.469 e. The molecule has 0 aliphatic rings. The van der Waals surface area contributed by atoms with E-state index in [1.54, 1.807) is 12.2 Å². The summed E-state index contributed by atoms with van der Waals surface area (Å²) in [6.07, 6.45) is 8.20. The fraction of sp³-hybridized carbons (Fsp3) is 0.250. The number of carbonyl (C=O) groups excluding carboxylic acids is 2. The number of nitrogens with one attached hydrogen (secondary N) is 1. The molecule has 0 aliphatic heterocycles. The van der Waals surface area contributed by atoms with Gasteiger partial charge in [-0.1, -0.05) is 79.2 Å². The summed E-state index contributed by atoms with van der Waals surface area (Å²) in [6, 6.07) is 20.2. The molecule has 0 atom stereocenters. The molecule has 0 saturated carbocycles. The summed E-state index contributed by atoms with van der Waals surface area (Å²) in [4.78, 5) is 23.0. The van der Waals surface area contributed by atoms with Crippen LogP contribution in [0, 0.1) is 0 Å². The Labute approximate surface area is 166 Å². The van der Waals surface area contributed by atoms with Gasteiger partial charge in [0.15, 0.2) is 0 Å². The van der Waals surface area contributed by atoms with Crippen LogP contribution in [0.25, 0.3) is 5.57 Å². The van der Waals surface area contributed by atoms with Crippen LogP contribution in [0.4, 0.5) is 0 Å². The van der Waals surface area contributed by atoms with E-state index in [1.165, 1.54) is 7.11 Å². The first kappa shape index (κ1) is 21.2. The number of amides is 1. The molecule has 1 N–H and O–H groups in total. The number of allylic oxidation sites excluding steroid dienone is 2. The third-order valence-corrected chi connectivity index (χ3v) is 4.26. The second-order valence-electron chi connectivity index (χ2n) is 6.35. The fourth-order valence-corrected chi connectivity index (χ4v) is 2.77. The van der Waals surface area contributed by atoms with Crippen LogP contribution in [-0.4, -0.2) is 25.5 Å². The summed E-state index contributed by atoms with van der Waals surface area (Å²) >= 11 is 0. The summed E-state index contributed by atoms with van der Waals surface area (Å²) in [5, 5.41) is 2.87. The maximum Gasteiger partial charge on any atom is 0.305 e. The van der Waals surface area contributed by atoms with Crippen molar-refractivity contribution in [3.63, 3.8) is 0 Å². The number of benzene rings is 2. The molecule has 0 spiro atoms. The van der Waals surface area contributed by atoms with Gasteiger partial charge < -0.3 is 10.1 Å². The quantitative estimate of drug-likeness (QED) is 0.287. The molecule has 146 valence electrons. The maximum atomic E-state index is 12.0. The molecular weight excluding hydrogens is 350 g/mol. The summed E-state index contributed by atoms with van der Waals surface area (Å²) in [5.41, 5.74) is 3.27. The highest BCUT2D eigenvalue weighted by molar-refractivity contribution is 5.89. The van der Waals surface area contributed by atoms with Gasteiger partial charge in [-0.05, 0) is 29.5 Å². The zero-order valence-electron chi connectivity index (χ0n) is 16.3. The number of ether oxygens (including phenoxy) is 1. The van der Waals surface area contributed by atoms with E-state index in [-0.39, 0.29) is 11.9 Å². The lowest BCUT2D eigenvalue weighted by atomic mass is 9.97. The van der Waals surface area contributed by atoms with Crippen LogP contribution >= 0.6 is 0 Å². The van der Waals surface area contributed by atoms with Crippen LogP contribution in [0.1, 0.15) is 36.8 Å². The minimum absolute atomic E-state index is 0.121. The predicted molar refractivity (Wildman–Crippen MR) is 113 cm³/mol. The Bertz CT molecular complexity index is 754. The van der Waals surface area contributed by atoms with Crippen molar-refractivity contribution in [1.82, 2.24) is 5.32 Å². The van der Waals surface area contributed by atoms with Gasteiger partial charge in [-0.25, -0.2) is 0 Å². The Hall–Kier alpha value is -3.14. The van der Waals surface area contributed by atoms with Crippen LogP contribution in [0.2, 0.25) is 0 Å². The normalized spacial score (nSPS) is 10.5. The van der Waals surface area contributed by atoms with Crippen molar-refractivity contribution in [3.05, 3.63) is 90.0 Å². The topological polar surface area (TPSA) is 55.4 Å². The largest absolute Gasteiger partial charge is 0.469 e. The third kappa shape index (κ3) is 7.62. The molecule has 2 aromatic carbocycles. The van der Waals surface area contributed by atoms with Crippen molar-refractivity contribution in [1.29, 1.82) is 0 Å². The van der Waals surface area contributed by atoms with Gasteiger partial charge in [0.1, 0.15) is 0 Å². The summed E-state index contributed by atoms with van der Waals surface area (Å²) in [5.74, 6) is -0.309. The van der Waals surface area contributed by atoms with Gasteiger partial charge in [-0.3, -0.25) is 9.59 Å². The van der Waals surface area contributed by atoms with E-state index in [2.05, 4.69) is 34.3 Å². The molecule has 0 fully saturated rings. The molecule has 0 aliphatic carbocycles. The van der Waals surface area contributed by atoms with Gasteiger partial charge in [0.25, 0.3) is 0 Å². The fourth-order valence-electron chi connectivity index (χ4n) is 2.77. The second-order valence-corrected chi connectivity index (χ2v) is 6.35. The summed E-state index contributed by atoms with van der Waals surface area (Å²) in [7, 11) is 1.39. The molecule has 0 heterocycles. The maximum absolute atomic E-state index is 12.0. The van der Waals surface area contributed by atoms with Gasteiger partial charge in [-0.15, -0.1) is 0 Å². The SMILES string of the molecule is COC(=O)CCCCCNC(=O)C=CC=C(c1ccccc1)c1ccccc1. The highest BCUT2D eigenvalue weighted by atomic mass is 16.5. The summed E-state index contributed by atoms with van der Waals surface area (Å²) in [6.45, 7) is 0.596. The molecule has 0 bridgehead atoms. The molecule has 28 heavy (non-hydrogen) atoms. The zero-order chi connectivity index (χ0) is 20.0. The average Bonchev–Trinajstić information content (AvgIpc) is 2.74. The van der Waals surface area contributed by atoms with E-state index >= 15 is 0 Å². The highest BCUT2D eigenvalue weighted by Gasteiger charge is 2.03. The Balaban J connectivity index is 1.87. The van der Waals surface area contributed by atoms with E-state index in [0.29, 0.717) is 13.0 Å². The van der Waals surface area contributed by atoms with E-state index < -0.39 is 0 Å². The Morgan fingerprint density at radius 1 is 0.893 bits per heavy atom. The first-order chi connectivity index (χ1) is 13.7. The molecule has 0 unspecified atom stereocenters. The summed E-state index contributed by atoms with van der Waals surface area (Å²) < 4.78 is 4.60. The number of methoxy groups -OCH3 is 1. The Morgan fingerprint density at radius 2 is 1.50 bits per heavy atom. The van der Waals surface area contributed by atoms with Crippen molar-refractivity contribution >= 4 is 17.4 Å². The van der Waals surface area contributed by atoms with Crippen molar-refractivity contribution in [3.8, 4) is 0 Å². The van der Waals surface area contributed by atoms with E-state index in [1.807, 2.05) is 42.5 Å². The monoisotopic (exact) mass is 377 g/mol. The van der Waals surface area contributed by atoms with E-state index in [0.717, 1.165) is 36.0 Å². The molecular formula is C24H27NO3. The lowest BCUT2D eigenvalue weighted by molar-refractivity contribution is -0.140. The lowest BCUT2D eigenvalue weighted by Crippen LogP contribution is -2.22. The predicted octanol–water partition coefficient (Wildman–Crippen LogP) is 4.52. The van der Waals surface area contributed by atoms with Crippen LogP contribution < -0.4 is 5.32 Å². The molecule has 1 amide bonds. The van der Waals surface area contributed by atoms with E-state index in [4.69, 9.17) is 0 Å². The molecule has 2 rings (SSSR count). The number of unbranched alkanes of at least 4 members (excludes halogenated alkanes) is 2. The smallest absolute Gasteiger partial charge is 0.305 e. The number of hydrogen-bond donors (Lipinski definition) is 1. The highest BCUT2D eigenvalue weighted by Crippen LogP contribution is 2.23. The number of rotatable bonds is 10. The molecule has 0 saturated heterocycles. The van der Waals surface area contributed by atoms with Gasteiger partial charge in [0.2, 0.25) is 5.91 Å². The van der Waals surface area contributed by atoms with E-state index in [9.17, 15) is 9.59 Å². The number of esters is 1. The van der Waals surface area contributed by atoms with Crippen LogP contribution in [0.3, 0.4) is 0 Å². The average molecular weight is 377 g/mol. The molecule has 4 nitrogen and oxygen atoms in total. The van der Waals surface area contributed by atoms with Gasteiger partial charge in [0, 0.05) is 19.0 Å². The first-order valence-corrected chi connectivity index (χ1v) is 9.54. The van der Waals surface area contributed by atoms with Crippen molar-refractivity contribution < 1.29 is 14.3 Å². The lowest BCUT2D eigenvalue weighted by Gasteiger charge is -2.07. The van der Waals surface area contributed by atoms with Gasteiger partial charge >= 0.3 is 5.97 Å². The first-order valence-electron chi connectivity index (χ1n) is 9.54. The molecule has 0 aromatic heterocycles. The van der Waals surface area contributed by atoms with Crippen molar-refractivity contribution in [2.24, 2.45) is 0 Å². The van der Waals surface area contributed by atoms with Crippen LogP contribution in [0.5, 0.6) is 0 Å².